The van der Waals surface area contributed by atoms with E-state index in [1.807, 2.05) is 0 Å². The van der Waals surface area contributed by atoms with Gasteiger partial charge in [-0.05, 0) is 31.0 Å². The molecule has 0 saturated carbocycles. The number of rotatable bonds is 4. The number of ketones is 1. The fourth-order valence-corrected chi connectivity index (χ4v) is 3.75. The molecule has 0 radical (unpaired) electrons. The number of hydrogen-bond acceptors (Lipinski definition) is 3. The lowest BCUT2D eigenvalue weighted by Gasteiger charge is -2.16. The molecule has 0 aromatic heterocycles. The maximum Gasteiger partial charge on any atom is 0.246 e. The summed E-state index contributed by atoms with van der Waals surface area (Å²) in [5.41, 5.74) is 0.238. The highest BCUT2D eigenvalue weighted by Gasteiger charge is 2.30. The average Bonchev–Trinajstić information content (AvgIpc) is 2.92. The van der Waals surface area contributed by atoms with Crippen molar-refractivity contribution < 1.29 is 17.6 Å². The molecule has 0 bridgehead atoms. The third kappa shape index (κ3) is 2.69. The summed E-state index contributed by atoms with van der Waals surface area (Å²) in [5.74, 6) is -1.00. The van der Waals surface area contributed by atoms with Gasteiger partial charge in [0.2, 0.25) is 10.0 Å². The van der Waals surface area contributed by atoms with Crippen molar-refractivity contribution in [1.82, 2.24) is 4.31 Å². The molecule has 0 amide bonds. The van der Waals surface area contributed by atoms with Gasteiger partial charge in [-0.1, -0.05) is 6.92 Å². The van der Waals surface area contributed by atoms with Crippen LogP contribution in [0.1, 0.15) is 36.5 Å². The molecule has 1 fully saturated rings. The van der Waals surface area contributed by atoms with Gasteiger partial charge in [0.15, 0.2) is 5.78 Å². The zero-order valence-electron chi connectivity index (χ0n) is 10.7. The molecule has 4 nitrogen and oxygen atoms in total. The van der Waals surface area contributed by atoms with E-state index < -0.39 is 20.7 Å². The van der Waals surface area contributed by atoms with Crippen LogP contribution < -0.4 is 0 Å². The second-order valence-electron chi connectivity index (χ2n) is 4.53. The number of nitrogens with zero attached hydrogens (tertiary/aromatic N) is 1. The maximum absolute atomic E-state index is 13.8. The quantitative estimate of drug-likeness (QED) is 0.797. The molecule has 1 heterocycles. The van der Waals surface area contributed by atoms with Gasteiger partial charge in [0.25, 0.3) is 0 Å². The van der Waals surface area contributed by atoms with Gasteiger partial charge in [0.1, 0.15) is 10.7 Å². The van der Waals surface area contributed by atoms with E-state index in [4.69, 9.17) is 0 Å². The van der Waals surface area contributed by atoms with Gasteiger partial charge >= 0.3 is 0 Å². The molecule has 6 heteroatoms. The number of hydrogen-bond donors (Lipinski definition) is 0. The number of benzene rings is 1. The molecular formula is C13H16FNO3S. The third-order valence-electron chi connectivity index (χ3n) is 3.26. The first kappa shape index (κ1) is 14.1. The Bertz CT molecular complexity index is 592. The van der Waals surface area contributed by atoms with Crippen LogP contribution in [0, 0.1) is 5.82 Å². The lowest BCUT2D eigenvalue weighted by atomic mass is 10.1. The van der Waals surface area contributed by atoms with Crippen molar-refractivity contribution in [2.45, 2.75) is 31.1 Å². The number of sulfonamides is 1. The van der Waals surface area contributed by atoms with Gasteiger partial charge in [-0.2, -0.15) is 4.31 Å². The predicted octanol–water partition coefficient (Wildman–Crippen LogP) is 2.20. The molecular weight excluding hydrogens is 269 g/mol. The Hall–Kier alpha value is -1.27. The summed E-state index contributed by atoms with van der Waals surface area (Å²) in [6.45, 7) is 2.50. The average molecular weight is 285 g/mol. The summed E-state index contributed by atoms with van der Waals surface area (Å²) in [6.07, 6.45) is 1.83. The van der Waals surface area contributed by atoms with Gasteiger partial charge in [-0.3, -0.25) is 4.79 Å². The van der Waals surface area contributed by atoms with E-state index in [1.54, 1.807) is 6.92 Å². The third-order valence-corrected chi connectivity index (χ3v) is 5.17. The zero-order chi connectivity index (χ0) is 14.0. The Morgan fingerprint density at radius 2 is 1.95 bits per heavy atom. The van der Waals surface area contributed by atoms with Crippen molar-refractivity contribution in [2.75, 3.05) is 13.1 Å². The summed E-state index contributed by atoms with van der Waals surface area (Å²) in [5, 5.41) is 0. The first-order chi connectivity index (χ1) is 8.96. The van der Waals surface area contributed by atoms with Crippen molar-refractivity contribution in [3.05, 3.63) is 29.6 Å². The molecule has 1 saturated heterocycles. The van der Waals surface area contributed by atoms with Gasteiger partial charge < -0.3 is 0 Å². The van der Waals surface area contributed by atoms with E-state index in [1.165, 1.54) is 10.4 Å². The van der Waals surface area contributed by atoms with Gasteiger partial charge in [-0.15, -0.1) is 0 Å². The van der Waals surface area contributed by atoms with E-state index in [-0.39, 0.29) is 17.8 Å². The fraction of sp³-hybridized carbons (Fsp3) is 0.462. The molecule has 0 spiro atoms. The number of halogens is 1. The lowest BCUT2D eigenvalue weighted by molar-refractivity contribution is 0.0988. The Morgan fingerprint density at radius 3 is 2.53 bits per heavy atom. The van der Waals surface area contributed by atoms with Crippen molar-refractivity contribution in [3.8, 4) is 0 Å². The molecule has 19 heavy (non-hydrogen) atoms. The van der Waals surface area contributed by atoms with Crippen molar-refractivity contribution in [1.29, 1.82) is 0 Å². The SMILES string of the molecule is CCC(=O)c1ccc(F)c(S(=O)(=O)N2CCCC2)c1. The fourth-order valence-electron chi connectivity index (χ4n) is 2.15. The molecule has 1 aliphatic rings. The van der Waals surface area contributed by atoms with Crippen molar-refractivity contribution >= 4 is 15.8 Å². The van der Waals surface area contributed by atoms with Crippen molar-refractivity contribution in [2.24, 2.45) is 0 Å². The highest BCUT2D eigenvalue weighted by molar-refractivity contribution is 7.89. The van der Waals surface area contributed by atoms with E-state index in [0.29, 0.717) is 13.1 Å². The molecule has 1 aromatic carbocycles. The van der Waals surface area contributed by atoms with Gasteiger partial charge in [-0.25, -0.2) is 12.8 Å². The topological polar surface area (TPSA) is 54.5 Å². The summed E-state index contributed by atoms with van der Waals surface area (Å²) in [4.78, 5) is 11.2. The second-order valence-corrected chi connectivity index (χ2v) is 6.44. The van der Waals surface area contributed by atoms with Crippen LogP contribution >= 0.6 is 0 Å². The predicted molar refractivity (Wildman–Crippen MR) is 69.0 cm³/mol. The molecule has 1 aliphatic heterocycles. The summed E-state index contributed by atoms with van der Waals surface area (Å²) < 4.78 is 39.6. The van der Waals surface area contributed by atoms with E-state index in [2.05, 4.69) is 0 Å². The Balaban J connectivity index is 2.46. The van der Waals surface area contributed by atoms with Crippen LogP contribution in [0.2, 0.25) is 0 Å². The number of Topliss-reactive ketones (excluding diaryl/α,β-unsaturated/α-hetero) is 1. The summed E-state index contributed by atoms with van der Waals surface area (Å²) >= 11 is 0. The van der Waals surface area contributed by atoms with Crippen molar-refractivity contribution in [3.63, 3.8) is 0 Å². The molecule has 1 aromatic rings. The molecule has 0 aliphatic carbocycles. The van der Waals surface area contributed by atoms with Crippen LogP contribution in [-0.4, -0.2) is 31.6 Å². The zero-order valence-corrected chi connectivity index (χ0v) is 11.5. The second kappa shape index (κ2) is 5.38. The standard InChI is InChI=1S/C13H16FNO3S/c1-2-12(16)10-5-6-11(14)13(9-10)19(17,18)15-7-3-4-8-15/h5-6,9H,2-4,7-8H2,1H3. The largest absolute Gasteiger partial charge is 0.294 e. The minimum Gasteiger partial charge on any atom is -0.294 e. The molecule has 0 unspecified atom stereocenters. The molecule has 104 valence electrons. The van der Waals surface area contributed by atoms with Gasteiger partial charge in [0, 0.05) is 25.1 Å². The minimum atomic E-state index is -3.83. The molecule has 0 N–H and O–H groups in total. The van der Waals surface area contributed by atoms with Crippen LogP contribution in [0.25, 0.3) is 0 Å². The smallest absolute Gasteiger partial charge is 0.246 e. The van der Waals surface area contributed by atoms with Crippen LogP contribution in [0.5, 0.6) is 0 Å². The van der Waals surface area contributed by atoms with Crippen LogP contribution in [-0.2, 0) is 10.0 Å². The first-order valence-electron chi connectivity index (χ1n) is 6.29. The summed E-state index contributed by atoms with van der Waals surface area (Å²) in [6, 6.07) is 3.52. The van der Waals surface area contributed by atoms with Crippen LogP contribution in [0.4, 0.5) is 4.39 Å². The van der Waals surface area contributed by atoms with E-state index in [0.717, 1.165) is 25.0 Å². The molecule has 2 rings (SSSR count). The lowest BCUT2D eigenvalue weighted by Crippen LogP contribution is -2.28. The Labute approximate surface area is 112 Å². The highest BCUT2D eigenvalue weighted by Crippen LogP contribution is 2.24. The number of carbonyl (C=O) groups is 1. The highest BCUT2D eigenvalue weighted by atomic mass is 32.2. The normalized spacial score (nSPS) is 16.7. The molecule has 0 atom stereocenters. The van der Waals surface area contributed by atoms with Crippen LogP contribution in [0.3, 0.4) is 0 Å². The Kier molecular flexibility index (Phi) is 4.01. The number of carbonyl (C=O) groups excluding carboxylic acids is 1. The minimum absolute atomic E-state index is 0.196. The Morgan fingerprint density at radius 1 is 1.32 bits per heavy atom. The van der Waals surface area contributed by atoms with E-state index in [9.17, 15) is 17.6 Å². The van der Waals surface area contributed by atoms with Gasteiger partial charge in [0.05, 0.1) is 0 Å². The first-order valence-corrected chi connectivity index (χ1v) is 7.73. The summed E-state index contributed by atoms with van der Waals surface area (Å²) in [7, 11) is -3.83. The monoisotopic (exact) mass is 285 g/mol. The maximum atomic E-state index is 13.8. The van der Waals surface area contributed by atoms with Crippen LogP contribution in [0.15, 0.2) is 23.1 Å². The van der Waals surface area contributed by atoms with E-state index >= 15 is 0 Å².